The van der Waals surface area contributed by atoms with Gasteiger partial charge in [-0.25, -0.2) is 0 Å². The van der Waals surface area contributed by atoms with Crippen LogP contribution in [0.15, 0.2) is 0 Å². The van der Waals surface area contributed by atoms with Crippen molar-refractivity contribution < 1.29 is 14.2 Å². The van der Waals surface area contributed by atoms with Gasteiger partial charge in [0.1, 0.15) is 0 Å². The molecule has 2 rings (SSSR count). The van der Waals surface area contributed by atoms with Crippen LogP contribution in [0.3, 0.4) is 0 Å². The van der Waals surface area contributed by atoms with Crippen LogP contribution < -0.4 is 0 Å². The van der Waals surface area contributed by atoms with Gasteiger partial charge in [-0.15, -0.1) is 0 Å². The molecule has 9 atom stereocenters. The molecular formula is C22H42O3. The van der Waals surface area contributed by atoms with Crippen LogP contribution >= 0.6 is 0 Å². The molecule has 2 aliphatic heterocycles. The Morgan fingerprint density at radius 3 is 1.88 bits per heavy atom. The fraction of sp³-hybridized carbons (Fsp3) is 1.00. The Balaban J connectivity index is 1.94. The molecule has 3 unspecified atom stereocenters. The second-order valence-electron chi connectivity index (χ2n) is 8.84. The zero-order valence-electron chi connectivity index (χ0n) is 17.9. The molecule has 0 N–H and O–H groups in total. The molecule has 0 radical (unpaired) electrons. The van der Waals surface area contributed by atoms with Gasteiger partial charge in [-0.2, -0.15) is 0 Å². The van der Waals surface area contributed by atoms with Crippen LogP contribution in [-0.4, -0.2) is 37.1 Å². The van der Waals surface area contributed by atoms with Gasteiger partial charge in [0.2, 0.25) is 0 Å². The van der Waals surface area contributed by atoms with E-state index in [2.05, 4.69) is 55.4 Å². The Kier molecular flexibility index (Phi) is 7.38. The molecule has 0 amide bonds. The predicted octanol–water partition coefficient (Wildman–Crippen LogP) is 5.32. The molecule has 2 fully saturated rings. The molecule has 0 saturated carbocycles. The highest BCUT2D eigenvalue weighted by atomic mass is 16.6. The summed E-state index contributed by atoms with van der Waals surface area (Å²) in [6.45, 7) is 19.8. The zero-order valence-corrected chi connectivity index (χ0v) is 17.9. The summed E-state index contributed by atoms with van der Waals surface area (Å²) in [5.41, 5.74) is -0.124. The Labute approximate surface area is 156 Å². The fourth-order valence-electron chi connectivity index (χ4n) is 5.08. The molecule has 3 heteroatoms. The normalized spacial score (nSPS) is 48.0. The third-order valence-corrected chi connectivity index (χ3v) is 7.80. The highest BCUT2D eigenvalue weighted by Crippen LogP contribution is 2.44. The smallest absolute Gasteiger partial charge is 0.0944 e. The third kappa shape index (κ3) is 4.09. The van der Waals surface area contributed by atoms with Gasteiger partial charge < -0.3 is 14.2 Å². The van der Waals surface area contributed by atoms with Gasteiger partial charge in [0, 0.05) is 0 Å². The number of hydrogen-bond acceptors (Lipinski definition) is 3. The minimum Gasteiger partial charge on any atom is -0.376 e. The molecule has 25 heavy (non-hydrogen) atoms. The number of rotatable bonds is 7. The minimum atomic E-state index is -0.124. The first-order valence-corrected chi connectivity index (χ1v) is 10.7. The number of hydrogen-bond donors (Lipinski definition) is 0. The Bertz CT molecular complexity index is 410. The van der Waals surface area contributed by atoms with Crippen LogP contribution in [0.1, 0.15) is 74.7 Å². The molecule has 2 aliphatic rings. The van der Waals surface area contributed by atoms with Gasteiger partial charge in [-0.1, -0.05) is 55.4 Å². The van der Waals surface area contributed by atoms with Crippen LogP contribution in [0.2, 0.25) is 0 Å². The third-order valence-electron chi connectivity index (χ3n) is 7.80. The highest BCUT2D eigenvalue weighted by Gasteiger charge is 2.49. The first-order chi connectivity index (χ1) is 11.8. The average Bonchev–Trinajstić information content (AvgIpc) is 2.86. The van der Waals surface area contributed by atoms with Crippen molar-refractivity contribution in [2.45, 2.75) is 98.6 Å². The molecule has 2 heterocycles. The van der Waals surface area contributed by atoms with E-state index in [9.17, 15) is 0 Å². The lowest BCUT2D eigenvalue weighted by Gasteiger charge is -2.44. The van der Waals surface area contributed by atoms with Crippen molar-refractivity contribution in [1.29, 1.82) is 0 Å². The van der Waals surface area contributed by atoms with E-state index in [0.29, 0.717) is 55.0 Å². The SMILES string of the molecule is CCC1O[C@@H](COC[C@]2(CC)O[C@@H](CC)[C@@H](C)C2C)C(C)[C@@H](C)[C@H]1C. The van der Waals surface area contributed by atoms with E-state index in [4.69, 9.17) is 14.2 Å². The Hall–Kier alpha value is -0.120. The maximum Gasteiger partial charge on any atom is 0.0944 e. The maximum atomic E-state index is 6.50. The van der Waals surface area contributed by atoms with Gasteiger partial charge in [0.05, 0.1) is 37.1 Å². The van der Waals surface area contributed by atoms with Crippen LogP contribution in [0.4, 0.5) is 0 Å². The van der Waals surface area contributed by atoms with E-state index in [0.717, 1.165) is 19.3 Å². The van der Waals surface area contributed by atoms with Gasteiger partial charge >= 0.3 is 0 Å². The highest BCUT2D eigenvalue weighted by molar-refractivity contribution is 4.97. The molecule has 3 nitrogen and oxygen atoms in total. The Morgan fingerprint density at radius 1 is 0.760 bits per heavy atom. The van der Waals surface area contributed by atoms with Crippen molar-refractivity contribution in [2.75, 3.05) is 13.2 Å². The average molecular weight is 355 g/mol. The van der Waals surface area contributed by atoms with Crippen LogP contribution in [0.25, 0.3) is 0 Å². The standard InChI is InChI=1S/C22H42O3/c1-9-19-15(5)14(4)16(6)21(24-19)12-23-13-22(11-3)18(8)17(7)20(10-2)25-22/h14-21H,9-13H2,1-8H3/t14-,15+,16?,17-,18?,19?,20-,21-,22-/m0/s1. The molecule has 0 aromatic heterocycles. The molecule has 0 aliphatic carbocycles. The molecule has 148 valence electrons. The van der Waals surface area contributed by atoms with E-state index >= 15 is 0 Å². The van der Waals surface area contributed by atoms with E-state index in [1.807, 2.05) is 0 Å². The van der Waals surface area contributed by atoms with Crippen molar-refractivity contribution in [1.82, 2.24) is 0 Å². The predicted molar refractivity (Wildman–Crippen MR) is 104 cm³/mol. The second kappa shape index (κ2) is 8.71. The fourth-order valence-corrected chi connectivity index (χ4v) is 5.08. The molecule has 0 spiro atoms. The summed E-state index contributed by atoms with van der Waals surface area (Å²) in [6, 6.07) is 0. The summed E-state index contributed by atoms with van der Waals surface area (Å²) in [5.74, 6) is 2.99. The van der Waals surface area contributed by atoms with Gasteiger partial charge in [-0.05, 0) is 48.9 Å². The number of ether oxygens (including phenoxy) is 3. The first kappa shape index (κ1) is 21.2. The maximum absolute atomic E-state index is 6.50. The zero-order chi connectivity index (χ0) is 18.8. The van der Waals surface area contributed by atoms with Crippen LogP contribution in [-0.2, 0) is 14.2 Å². The lowest BCUT2D eigenvalue weighted by atomic mass is 9.76. The molecule has 0 bridgehead atoms. The van der Waals surface area contributed by atoms with Crippen molar-refractivity contribution in [2.24, 2.45) is 29.6 Å². The first-order valence-electron chi connectivity index (χ1n) is 10.7. The van der Waals surface area contributed by atoms with Crippen molar-refractivity contribution >= 4 is 0 Å². The van der Waals surface area contributed by atoms with Crippen LogP contribution in [0, 0.1) is 29.6 Å². The van der Waals surface area contributed by atoms with Crippen molar-refractivity contribution in [3.8, 4) is 0 Å². The summed E-state index contributed by atoms with van der Waals surface area (Å²) in [4.78, 5) is 0. The van der Waals surface area contributed by atoms with E-state index < -0.39 is 0 Å². The van der Waals surface area contributed by atoms with E-state index in [1.165, 1.54) is 0 Å². The molecule has 0 aromatic rings. The summed E-state index contributed by atoms with van der Waals surface area (Å²) in [5, 5.41) is 0. The summed E-state index contributed by atoms with van der Waals surface area (Å²) in [6.07, 6.45) is 4.13. The van der Waals surface area contributed by atoms with Crippen LogP contribution in [0.5, 0.6) is 0 Å². The topological polar surface area (TPSA) is 27.7 Å². The van der Waals surface area contributed by atoms with E-state index in [-0.39, 0.29) is 11.7 Å². The van der Waals surface area contributed by atoms with Crippen molar-refractivity contribution in [3.05, 3.63) is 0 Å². The summed E-state index contributed by atoms with van der Waals surface area (Å²) in [7, 11) is 0. The lowest BCUT2D eigenvalue weighted by Crippen LogP contribution is -2.47. The van der Waals surface area contributed by atoms with Gasteiger partial charge in [0.15, 0.2) is 0 Å². The molecular weight excluding hydrogens is 312 g/mol. The quantitative estimate of drug-likeness (QED) is 0.619. The summed E-state index contributed by atoms with van der Waals surface area (Å²) >= 11 is 0. The lowest BCUT2D eigenvalue weighted by molar-refractivity contribution is -0.172. The van der Waals surface area contributed by atoms with Gasteiger partial charge in [0.25, 0.3) is 0 Å². The molecule has 2 saturated heterocycles. The minimum absolute atomic E-state index is 0.124. The van der Waals surface area contributed by atoms with Crippen molar-refractivity contribution in [3.63, 3.8) is 0 Å². The monoisotopic (exact) mass is 354 g/mol. The summed E-state index contributed by atoms with van der Waals surface area (Å²) < 4.78 is 19.1. The largest absolute Gasteiger partial charge is 0.376 e. The van der Waals surface area contributed by atoms with E-state index in [1.54, 1.807) is 0 Å². The second-order valence-corrected chi connectivity index (χ2v) is 8.84. The molecule has 0 aromatic carbocycles. The Morgan fingerprint density at radius 2 is 1.36 bits per heavy atom. The van der Waals surface area contributed by atoms with Gasteiger partial charge in [-0.3, -0.25) is 0 Å².